The molecule has 2 atom stereocenters. The molecule has 0 aliphatic carbocycles. The topological polar surface area (TPSA) is 91.8 Å². The number of morpholine rings is 1. The fourth-order valence-electron chi connectivity index (χ4n) is 7.03. The van der Waals surface area contributed by atoms with E-state index in [-0.39, 0.29) is 65.2 Å². The van der Waals surface area contributed by atoms with Gasteiger partial charge in [-0.1, -0.05) is 41.4 Å². The molecule has 0 spiro atoms. The van der Waals surface area contributed by atoms with Gasteiger partial charge in [0, 0.05) is 29.5 Å². The number of fused-ring (bicyclic) bond motifs is 3. The maximum Gasteiger partial charge on any atom is 0.337 e. The molecule has 3 fully saturated rings. The van der Waals surface area contributed by atoms with Crippen LogP contribution in [-0.2, 0) is 16.0 Å². The lowest BCUT2D eigenvalue weighted by atomic mass is 9.93. The van der Waals surface area contributed by atoms with Gasteiger partial charge in [0.15, 0.2) is 12.3 Å². The monoisotopic (exact) mass is 691 g/mol. The number of anilines is 2. The van der Waals surface area contributed by atoms with E-state index in [9.17, 15) is 23.5 Å². The molecular formula is C33H30Cl2F3N3O6. The van der Waals surface area contributed by atoms with Crippen molar-refractivity contribution < 1.29 is 42.1 Å². The minimum Gasteiger partial charge on any atom is -0.478 e. The Kier molecular flexibility index (Phi) is 8.18. The second kappa shape index (κ2) is 12.1. The Balaban J connectivity index is 1.15. The molecule has 2 bridgehead atoms. The summed E-state index contributed by atoms with van der Waals surface area (Å²) in [5, 5.41) is 10.1. The Morgan fingerprint density at radius 2 is 1.72 bits per heavy atom. The van der Waals surface area contributed by atoms with Crippen molar-refractivity contribution in [1.82, 2.24) is 4.90 Å². The molecule has 3 aromatic rings. The van der Waals surface area contributed by atoms with Crippen LogP contribution in [-0.4, -0.2) is 86.1 Å². The van der Waals surface area contributed by atoms with Crippen LogP contribution in [0, 0.1) is 5.82 Å². The van der Waals surface area contributed by atoms with Crippen LogP contribution in [0.4, 0.5) is 24.5 Å². The lowest BCUT2D eigenvalue weighted by Gasteiger charge is -2.49. The molecule has 7 rings (SSSR count). The zero-order chi connectivity index (χ0) is 33.2. The summed E-state index contributed by atoms with van der Waals surface area (Å²) in [6.45, 7) is 0.728. The fourth-order valence-corrected chi connectivity index (χ4v) is 7.67. The number of alkyl halides is 2. The van der Waals surface area contributed by atoms with Gasteiger partial charge in [0.25, 0.3) is 12.3 Å². The molecule has 4 aliphatic heterocycles. The Morgan fingerprint density at radius 3 is 2.34 bits per heavy atom. The molecule has 47 heavy (non-hydrogen) atoms. The summed E-state index contributed by atoms with van der Waals surface area (Å²) in [6, 6.07) is 10.8. The second-order valence-electron chi connectivity index (χ2n) is 12.3. The molecule has 4 aliphatic rings. The molecule has 1 amide bonds. The zero-order valence-corrected chi connectivity index (χ0v) is 26.7. The Bertz CT molecular complexity index is 1730. The van der Waals surface area contributed by atoms with Crippen LogP contribution in [0.2, 0.25) is 10.0 Å². The third-order valence-corrected chi connectivity index (χ3v) is 10.2. The molecule has 3 saturated heterocycles. The number of hydrogen-bond donors (Lipinski definition) is 1. The van der Waals surface area contributed by atoms with E-state index in [0.29, 0.717) is 41.5 Å². The van der Waals surface area contributed by atoms with Crippen molar-refractivity contribution in [3.63, 3.8) is 0 Å². The number of amides is 1. The van der Waals surface area contributed by atoms with Crippen molar-refractivity contribution in [2.45, 2.75) is 43.5 Å². The molecule has 0 radical (unpaired) electrons. The Morgan fingerprint density at radius 1 is 1.04 bits per heavy atom. The maximum absolute atomic E-state index is 15.7. The normalized spacial score (nSPS) is 21.4. The highest BCUT2D eigenvalue weighted by Crippen LogP contribution is 2.44. The third kappa shape index (κ3) is 5.35. The lowest BCUT2D eigenvalue weighted by Crippen LogP contribution is -2.67. The van der Waals surface area contributed by atoms with Gasteiger partial charge in [0.1, 0.15) is 11.6 Å². The van der Waals surface area contributed by atoms with Crippen molar-refractivity contribution in [3.8, 4) is 16.9 Å². The number of nitrogens with zero attached hydrogens (tertiary/aromatic N) is 3. The van der Waals surface area contributed by atoms with E-state index in [2.05, 4.69) is 0 Å². The van der Waals surface area contributed by atoms with E-state index in [4.69, 9.17) is 37.4 Å². The summed E-state index contributed by atoms with van der Waals surface area (Å²) in [5.41, 5.74) is 0.472. The Hall–Kier alpha value is -3.71. The molecule has 0 saturated carbocycles. The number of ether oxygens (including phenoxy) is 3. The predicted octanol–water partition coefficient (Wildman–Crippen LogP) is 6.33. The minimum atomic E-state index is -2.67. The minimum absolute atomic E-state index is 0.000780. The van der Waals surface area contributed by atoms with Gasteiger partial charge >= 0.3 is 5.97 Å². The molecule has 4 heterocycles. The van der Waals surface area contributed by atoms with Gasteiger partial charge in [-0.2, -0.15) is 0 Å². The highest BCUT2D eigenvalue weighted by Gasteiger charge is 2.51. The van der Waals surface area contributed by atoms with Crippen molar-refractivity contribution in [3.05, 3.63) is 75.0 Å². The molecular weight excluding hydrogens is 662 g/mol. The van der Waals surface area contributed by atoms with Gasteiger partial charge in [-0.25, -0.2) is 18.0 Å². The average molecular weight is 693 g/mol. The van der Waals surface area contributed by atoms with E-state index < -0.39 is 29.7 Å². The maximum atomic E-state index is 15.7. The van der Waals surface area contributed by atoms with E-state index in [1.165, 1.54) is 24.1 Å². The van der Waals surface area contributed by atoms with Crippen LogP contribution in [0.5, 0.6) is 5.75 Å². The molecule has 9 nitrogen and oxygen atoms in total. The molecule has 248 valence electrons. The molecule has 14 heteroatoms. The number of carbonyl (C=O) groups excluding carboxylic acids is 1. The van der Waals surface area contributed by atoms with Crippen LogP contribution < -0.4 is 14.5 Å². The number of benzene rings is 3. The second-order valence-corrected chi connectivity index (χ2v) is 13.1. The smallest absolute Gasteiger partial charge is 0.337 e. The third-order valence-electron chi connectivity index (χ3n) is 9.56. The van der Waals surface area contributed by atoms with Gasteiger partial charge in [-0.15, -0.1) is 0 Å². The number of methoxy groups -OCH3 is 1. The van der Waals surface area contributed by atoms with E-state index in [1.807, 2.05) is 4.90 Å². The average Bonchev–Trinajstić information content (AvgIpc) is 3.26. The van der Waals surface area contributed by atoms with Crippen LogP contribution in [0.15, 0.2) is 42.5 Å². The zero-order valence-electron chi connectivity index (χ0n) is 25.2. The number of carbonyl (C=O) groups is 2. The lowest BCUT2D eigenvalue weighted by molar-refractivity contribution is -0.135. The van der Waals surface area contributed by atoms with E-state index >= 15 is 4.39 Å². The number of aromatic carboxylic acids is 1. The molecule has 1 N–H and O–H groups in total. The number of para-hydroxylation sites is 1. The SMILES string of the molecule is COC1(C(F)F)CN(c2cc(Cl)c(C(=O)N3COc4c(cccc4-c4cc(N5C6CCC5COC6)c(C(=O)O)cc4F)C3)c(Cl)c2)C1. The standard InChI is InChI=1S/C33H30Cl2F3N3O6/c1-45-33(32(37)38)14-40(15-33)20-7-24(34)28(25(35)8-20)30(42)39-11-17-3-2-4-21(29(17)47-16-39)22-10-27(23(31(43)44)9-26(22)36)41-18-5-6-19(41)13-46-12-18/h2-4,7-10,18-19,32H,5-6,11-16H2,1H3,(H,43,44). The summed E-state index contributed by atoms with van der Waals surface area (Å²) >= 11 is 13.1. The molecule has 3 aromatic carbocycles. The first-order chi connectivity index (χ1) is 22.5. The van der Waals surface area contributed by atoms with Gasteiger partial charge < -0.3 is 34.0 Å². The highest BCUT2D eigenvalue weighted by atomic mass is 35.5. The number of carboxylic acids is 1. The van der Waals surface area contributed by atoms with Crippen LogP contribution in [0.25, 0.3) is 11.1 Å². The van der Waals surface area contributed by atoms with Gasteiger partial charge in [-0.3, -0.25) is 4.79 Å². The van der Waals surface area contributed by atoms with Crippen LogP contribution >= 0.6 is 23.2 Å². The number of halogens is 5. The number of rotatable bonds is 7. The van der Waals surface area contributed by atoms with Gasteiger partial charge in [0.2, 0.25) is 0 Å². The first kappa shape index (κ1) is 31.9. The van der Waals surface area contributed by atoms with Crippen molar-refractivity contribution >= 4 is 46.5 Å². The van der Waals surface area contributed by atoms with Gasteiger partial charge in [0.05, 0.1) is 71.8 Å². The predicted molar refractivity (Wildman–Crippen MR) is 169 cm³/mol. The van der Waals surface area contributed by atoms with Crippen molar-refractivity contribution in [2.75, 3.05) is 49.9 Å². The van der Waals surface area contributed by atoms with Crippen molar-refractivity contribution in [1.29, 1.82) is 0 Å². The first-order valence-corrected chi connectivity index (χ1v) is 15.8. The van der Waals surface area contributed by atoms with E-state index in [1.54, 1.807) is 29.2 Å². The van der Waals surface area contributed by atoms with Gasteiger partial charge in [-0.05, 0) is 37.1 Å². The summed E-state index contributed by atoms with van der Waals surface area (Å²) in [5.74, 6) is -2.06. The summed E-state index contributed by atoms with van der Waals surface area (Å²) < 4.78 is 59.4. The van der Waals surface area contributed by atoms with Crippen LogP contribution in [0.3, 0.4) is 0 Å². The summed E-state index contributed by atoms with van der Waals surface area (Å²) in [7, 11) is 1.24. The van der Waals surface area contributed by atoms with E-state index in [0.717, 1.165) is 18.9 Å². The quantitative estimate of drug-likeness (QED) is 0.308. The summed E-state index contributed by atoms with van der Waals surface area (Å²) in [6.07, 6.45) is -0.959. The fraction of sp³-hybridized carbons (Fsp3) is 0.394. The van der Waals surface area contributed by atoms with Crippen LogP contribution in [0.1, 0.15) is 39.1 Å². The molecule has 2 unspecified atom stereocenters. The van der Waals surface area contributed by atoms with Crippen molar-refractivity contribution in [2.24, 2.45) is 0 Å². The largest absolute Gasteiger partial charge is 0.478 e. The highest BCUT2D eigenvalue weighted by molar-refractivity contribution is 6.40. The first-order valence-electron chi connectivity index (χ1n) is 15.1. The number of carboxylic acid groups (broad SMARTS) is 1. The molecule has 0 aromatic heterocycles. The summed E-state index contributed by atoms with van der Waals surface area (Å²) in [4.78, 5) is 30.9. The Labute approximate surface area is 278 Å². The number of hydrogen-bond acceptors (Lipinski definition) is 7.